The van der Waals surface area contributed by atoms with E-state index in [2.05, 4.69) is 0 Å². The summed E-state index contributed by atoms with van der Waals surface area (Å²) in [4.78, 5) is 24.5. The molecule has 1 amide bonds. The summed E-state index contributed by atoms with van der Waals surface area (Å²) in [6.45, 7) is 0.179. The summed E-state index contributed by atoms with van der Waals surface area (Å²) in [6.07, 6.45) is 0.651. The quantitative estimate of drug-likeness (QED) is 0.663. The molecule has 3 rings (SSSR count). The van der Waals surface area contributed by atoms with Gasteiger partial charge >= 0.3 is 5.69 Å². The number of phenols is 1. The second-order valence-electron chi connectivity index (χ2n) is 5.61. The van der Waals surface area contributed by atoms with Gasteiger partial charge in [-0.1, -0.05) is 24.3 Å². The highest BCUT2D eigenvalue weighted by Gasteiger charge is 2.31. The molecule has 0 saturated carbocycles. The number of aliphatic hydroxyl groups is 1. The van der Waals surface area contributed by atoms with Gasteiger partial charge in [-0.05, 0) is 29.7 Å². The number of amides is 1. The number of carbonyl (C=O) groups excluding carboxylic acids is 1. The van der Waals surface area contributed by atoms with Gasteiger partial charge in [0.05, 0.1) is 17.6 Å². The third-order valence-electron chi connectivity index (χ3n) is 4.27. The number of aliphatic hydroxyl groups excluding tert-OH is 1. The first-order chi connectivity index (χ1) is 11.5. The lowest BCUT2D eigenvalue weighted by Gasteiger charge is -2.36. The van der Waals surface area contributed by atoms with Crippen LogP contribution in [-0.2, 0) is 6.42 Å². The van der Waals surface area contributed by atoms with Crippen LogP contribution in [0, 0.1) is 10.1 Å². The second kappa shape index (κ2) is 6.29. The van der Waals surface area contributed by atoms with E-state index in [9.17, 15) is 25.1 Å². The standard InChI is InChI=1S/C17H16N2O5/c20-10-15-13-4-2-1-3-11(13)7-8-18(15)17(22)12-5-6-16(21)14(9-12)19(23)24/h1-6,9,15,20-21H,7-8,10H2/t15-/m0/s1. The molecule has 0 aliphatic carbocycles. The van der Waals surface area contributed by atoms with Crippen LogP contribution < -0.4 is 0 Å². The Kier molecular flexibility index (Phi) is 4.18. The van der Waals surface area contributed by atoms with Gasteiger partial charge < -0.3 is 15.1 Å². The van der Waals surface area contributed by atoms with E-state index in [0.717, 1.165) is 23.3 Å². The van der Waals surface area contributed by atoms with Crippen LogP contribution in [0.1, 0.15) is 27.5 Å². The fourth-order valence-electron chi connectivity index (χ4n) is 3.06. The number of hydrogen-bond donors (Lipinski definition) is 2. The Morgan fingerprint density at radius 2 is 2.04 bits per heavy atom. The number of nitro benzene ring substituents is 1. The summed E-state index contributed by atoms with van der Waals surface area (Å²) in [5.74, 6) is -0.897. The van der Waals surface area contributed by atoms with Crippen LogP contribution in [0.4, 0.5) is 5.69 Å². The molecule has 0 spiro atoms. The van der Waals surface area contributed by atoms with Crippen molar-refractivity contribution < 1.29 is 19.9 Å². The first-order valence-corrected chi connectivity index (χ1v) is 7.50. The number of carbonyl (C=O) groups is 1. The first kappa shape index (κ1) is 15.9. The van der Waals surface area contributed by atoms with Gasteiger partial charge in [0.25, 0.3) is 5.91 Å². The van der Waals surface area contributed by atoms with Crippen molar-refractivity contribution in [2.24, 2.45) is 0 Å². The number of aromatic hydroxyl groups is 1. The molecule has 7 nitrogen and oxygen atoms in total. The van der Waals surface area contributed by atoms with Crippen LogP contribution >= 0.6 is 0 Å². The van der Waals surface area contributed by atoms with Gasteiger partial charge in [-0.2, -0.15) is 0 Å². The van der Waals surface area contributed by atoms with Crippen molar-refractivity contribution in [3.8, 4) is 5.75 Å². The molecule has 1 heterocycles. The van der Waals surface area contributed by atoms with Gasteiger partial charge in [-0.25, -0.2) is 0 Å². The highest BCUT2D eigenvalue weighted by Crippen LogP contribution is 2.32. The molecule has 1 aliphatic rings. The summed E-state index contributed by atoms with van der Waals surface area (Å²) in [6, 6.07) is 10.6. The van der Waals surface area contributed by atoms with Crippen LogP contribution in [0.5, 0.6) is 5.75 Å². The van der Waals surface area contributed by atoms with E-state index in [1.54, 1.807) is 0 Å². The summed E-state index contributed by atoms with van der Waals surface area (Å²) < 4.78 is 0. The number of nitrogens with zero attached hydrogens (tertiary/aromatic N) is 2. The smallest absolute Gasteiger partial charge is 0.311 e. The van der Waals surface area contributed by atoms with E-state index < -0.39 is 28.3 Å². The van der Waals surface area contributed by atoms with Crippen LogP contribution in [0.15, 0.2) is 42.5 Å². The van der Waals surface area contributed by atoms with Crippen molar-refractivity contribution in [2.75, 3.05) is 13.2 Å². The van der Waals surface area contributed by atoms with Crippen molar-refractivity contribution >= 4 is 11.6 Å². The Morgan fingerprint density at radius 1 is 1.29 bits per heavy atom. The predicted molar refractivity (Wildman–Crippen MR) is 85.8 cm³/mol. The van der Waals surface area contributed by atoms with E-state index in [-0.39, 0.29) is 12.2 Å². The third-order valence-corrected chi connectivity index (χ3v) is 4.27. The molecule has 1 aliphatic heterocycles. The molecule has 2 aromatic rings. The molecule has 2 aromatic carbocycles. The zero-order valence-electron chi connectivity index (χ0n) is 12.8. The van der Waals surface area contributed by atoms with Gasteiger partial charge in [0.2, 0.25) is 0 Å². The van der Waals surface area contributed by atoms with Gasteiger partial charge in [0, 0.05) is 18.2 Å². The summed E-state index contributed by atoms with van der Waals surface area (Å²) in [5, 5.41) is 30.2. The average molecular weight is 328 g/mol. The monoisotopic (exact) mass is 328 g/mol. The molecule has 0 unspecified atom stereocenters. The van der Waals surface area contributed by atoms with Gasteiger partial charge in [-0.3, -0.25) is 14.9 Å². The first-order valence-electron chi connectivity index (χ1n) is 7.50. The van der Waals surface area contributed by atoms with Gasteiger partial charge in [0.15, 0.2) is 5.75 Å². The highest BCUT2D eigenvalue weighted by atomic mass is 16.6. The van der Waals surface area contributed by atoms with Crippen molar-refractivity contribution in [3.63, 3.8) is 0 Å². The van der Waals surface area contributed by atoms with E-state index in [0.29, 0.717) is 13.0 Å². The molecular formula is C17H16N2O5. The fraction of sp³-hybridized carbons (Fsp3) is 0.235. The van der Waals surface area contributed by atoms with Crippen LogP contribution in [0.3, 0.4) is 0 Å². The van der Waals surface area contributed by atoms with Crippen LogP contribution in [0.2, 0.25) is 0 Å². The SMILES string of the molecule is O=C(c1ccc(O)c([N+](=O)[O-])c1)N1CCc2ccccc2[C@@H]1CO. The lowest BCUT2D eigenvalue weighted by molar-refractivity contribution is -0.385. The molecule has 1 atom stereocenters. The van der Waals surface area contributed by atoms with Crippen molar-refractivity contribution in [3.05, 3.63) is 69.3 Å². The third kappa shape index (κ3) is 2.69. The number of rotatable bonds is 3. The molecule has 0 radical (unpaired) electrons. The van der Waals surface area contributed by atoms with E-state index in [1.165, 1.54) is 11.0 Å². The minimum absolute atomic E-state index is 0.109. The highest BCUT2D eigenvalue weighted by molar-refractivity contribution is 5.95. The summed E-state index contributed by atoms with van der Waals surface area (Å²) in [7, 11) is 0. The minimum Gasteiger partial charge on any atom is -0.502 e. The largest absolute Gasteiger partial charge is 0.502 e. The normalized spacial score (nSPS) is 16.5. The topological polar surface area (TPSA) is 104 Å². The predicted octanol–water partition coefficient (Wildman–Crippen LogP) is 2.03. The lowest BCUT2D eigenvalue weighted by atomic mass is 9.92. The van der Waals surface area contributed by atoms with Gasteiger partial charge in [-0.15, -0.1) is 0 Å². The van der Waals surface area contributed by atoms with E-state index in [1.807, 2.05) is 24.3 Å². The van der Waals surface area contributed by atoms with Crippen molar-refractivity contribution in [1.29, 1.82) is 0 Å². The summed E-state index contributed by atoms with van der Waals surface area (Å²) >= 11 is 0. The maximum Gasteiger partial charge on any atom is 0.311 e. The molecule has 0 aromatic heterocycles. The number of phenolic OH excluding ortho intramolecular Hbond substituents is 1. The average Bonchev–Trinajstić information content (AvgIpc) is 2.60. The molecule has 0 saturated heterocycles. The maximum atomic E-state index is 12.8. The summed E-state index contributed by atoms with van der Waals surface area (Å²) in [5.41, 5.74) is 1.56. The lowest BCUT2D eigenvalue weighted by Crippen LogP contribution is -2.41. The Morgan fingerprint density at radius 3 is 2.75 bits per heavy atom. The number of nitro groups is 1. The Labute approximate surface area is 137 Å². The Bertz CT molecular complexity index is 805. The molecular weight excluding hydrogens is 312 g/mol. The zero-order chi connectivity index (χ0) is 17.3. The molecule has 7 heteroatoms. The molecule has 124 valence electrons. The maximum absolute atomic E-state index is 12.8. The second-order valence-corrected chi connectivity index (χ2v) is 5.61. The Hall–Kier alpha value is -2.93. The van der Waals surface area contributed by atoms with Crippen molar-refractivity contribution in [2.45, 2.75) is 12.5 Å². The molecule has 2 N–H and O–H groups in total. The van der Waals surface area contributed by atoms with E-state index in [4.69, 9.17) is 0 Å². The number of hydrogen-bond acceptors (Lipinski definition) is 5. The molecule has 0 bridgehead atoms. The van der Waals surface area contributed by atoms with Crippen LogP contribution in [0.25, 0.3) is 0 Å². The van der Waals surface area contributed by atoms with Crippen LogP contribution in [-0.4, -0.2) is 39.1 Å². The number of benzene rings is 2. The van der Waals surface area contributed by atoms with Crippen molar-refractivity contribution in [1.82, 2.24) is 4.90 Å². The van der Waals surface area contributed by atoms with Gasteiger partial charge in [0.1, 0.15) is 0 Å². The fourth-order valence-corrected chi connectivity index (χ4v) is 3.06. The molecule has 0 fully saturated rings. The zero-order valence-corrected chi connectivity index (χ0v) is 12.8. The molecule has 24 heavy (non-hydrogen) atoms. The minimum atomic E-state index is -0.735. The van der Waals surface area contributed by atoms with E-state index >= 15 is 0 Å². The number of fused-ring (bicyclic) bond motifs is 1. The Balaban J connectivity index is 1.96.